The van der Waals surface area contributed by atoms with Gasteiger partial charge in [0.2, 0.25) is 0 Å². The summed E-state index contributed by atoms with van der Waals surface area (Å²) >= 11 is 1.41. The van der Waals surface area contributed by atoms with Crippen molar-refractivity contribution < 1.29 is 23.8 Å². The maximum absolute atomic E-state index is 12.2. The van der Waals surface area contributed by atoms with Gasteiger partial charge in [-0.1, -0.05) is 18.2 Å². The summed E-state index contributed by atoms with van der Waals surface area (Å²) < 4.78 is 10.6. The Hall–Kier alpha value is -3.10. The van der Waals surface area contributed by atoms with Crippen LogP contribution in [0.4, 0.5) is 0 Å². The number of para-hydroxylation sites is 1. The molecule has 0 bridgehead atoms. The maximum Gasteiger partial charge on any atom is 0.309 e. The third kappa shape index (κ3) is 4.24. The largest absolute Gasteiger partial charge is 0.496 e. The first kappa shape index (κ1) is 19.7. The first-order valence-electron chi connectivity index (χ1n) is 8.51. The van der Waals surface area contributed by atoms with Gasteiger partial charge in [0.15, 0.2) is 5.60 Å². The Balaban J connectivity index is 1.62. The van der Waals surface area contributed by atoms with Crippen LogP contribution >= 0.6 is 11.3 Å². The molecule has 1 aromatic carbocycles. The van der Waals surface area contributed by atoms with Gasteiger partial charge in [0.1, 0.15) is 11.5 Å². The Morgan fingerprint density at radius 1 is 1.14 bits per heavy atom. The zero-order chi connectivity index (χ0) is 20.0. The van der Waals surface area contributed by atoms with Crippen LogP contribution in [-0.4, -0.2) is 30.6 Å². The van der Waals surface area contributed by atoms with Crippen molar-refractivity contribution in [2.75, 3.05) is 13.7 Å². The number of thiophene rings is 1. The second-order valence-electron chi connectivity index (χ2n) is 6.03. The number of amides is 2. The number of ether oxygens (including phenoxy) is 1. The molecule has 2 amide bonds. The van der Waals surface area contributed by atoms with E-state index in [0.29, 0.717) is 11.3 Å². The van der Waals surface area contributed by atoms with E-state index in [1.807, 2.05) is 17.5 Å². The number of furan rings is 1. The fraction of sp³-hybridized carbons (Fsp3) is 0.200. The molecule has 0 spiro atoms. The lowest BCUT2D eigenvalue weighted by Gasteiger charge is -2.25. The number of carbonyl (C=O) groups excluding carboxylic acids is 2. The summed E-state index contributed by atoms with van der Waals surface area (Å²) in [5.74, 6) is -0.762. The molecule has 28 heavy (non-hydrogen) atoms. The van der Waals surface area contributed by atoms with Gasteiger partial charge in [-0.25, -0.2) is 0 Å². The van der Waals surface area contributed by atoms with Crippen molar-refractivity contribution >= 4 is 23.2 Å². The zero-order valence-electron chi connectivity index (χ0n) is 15.2. The number of rotatable bonds is 7. The molecule has 146 valence electrons. The molecule has 3 rings (SSSR count). The maximum atomic E-state index is 12.2. The number of hydrogen-bond acceptors (Lipinski definition) is 6. The van der Waals surface area contributed by atoms with E-state index in [9.17, 15) is 14.7 Å². The normalized spacial score (nSPS) is 12.8. The highest BCUT2D eigenvalue weighted by atomic mass is 32.1. The van der Waals surface area contributed by atoms with Gasteiger partial charge in [0.25, 0.3) is 0 Å². The second-order valence-corrected chi connectivity index (χ2v) is 6.81. The van der Waals surface area contributed by atoms with Crippen LogP contribution in [-0.2, 0) is 21.7 Å². The summed E-state index contributed by atoms with van der Waals surface area (Å²) in [7, 11) is 1.53. The minimum absolute atomic E-state index is 0.142. The predicted molar refractivity (Wildman–Crippen MR) is 104 cm³/mol. The molecule has 0 aliphatic heterocycles. The van der Waals surface area contributed by atoms with Crippen molar-refractivity contribution in [3.63, 3.8) is 0 Å². The molecule has 1 atom stereocenters. The van der Waals surface area contributed by atoms with E-state index in [-0.39, 0.29) is 18.8 Å². The van der Waals surface area contributed by atoms with Crippen molar-refractivity contribution in [2.45, 2.75) is 12.1 Å². The van der Waals surface area contributed by atoms with Crippen LogP contribution in [0.3, 0.4) is 0 Å². The highest BCUT2D eigenvalue weighted by molar-refractivity contribution is 7.08. The van der Waals surface area contributed by atoms with Crippen LogP contribution in [0.2, 0.25) is 0 Å². The lowest BCUT2D eigenvalue weighted by atomic mass is 9.93. The fourth-order valence-corrected chi connectivity index (χ4v) is 3.46. The Kier molecular flexibility index (Phi) is 6.13. The van der Waals surface area contributed by atoms with Crippen molar-refractivity contribution in [3.8, 4) is 5.75 Å². The Labute approximate surface area is 166 Å². The molecule has 0 unspecified atom stereocenters. The van der Waals surface area contributed by atoms with Crippen LogP contribution in [0.1, 0.15) is 16.9 Å². The van der Waals surface area contributed by atoms with E-state index < -0.39 is 17.4 Å². The van der Waals surface area contributed by atoms with Crippen LogP contribution < -0.4 is 15.4 Å². The van der Waals surface area contributed by atoms with Gasteiger partial charge in [0.05, 0.1) is 19.9 Å². The molecule has 8 heteroatoms. The minimum Gasteiger partial charge on any atom is -0.496 e. The highest BCUT2D eigenvalue weighted by Crippen LogP contribution is 2.30. The molecule has 0 saturated carbocycles. The van der Waals surface area contributed by atoms with Crippen molar-refractivity contribution in [2.24, 2.45) is 0 Å². The molecule has 0 saturated heterocycles. The molecule has 0 aliphatic rings. The standard InChI is InChI=1S/C20H20N2O5S/c1-26-16-6-3-2-5-14(16)11-21-18(23)19(24)22-13-20(25,15-8-10-28-12-15)17-7-4-9-27-17/h2-10,12,25H,11,13H2,1H3,(H,21,23)(H,22,24)/t20-/m1/s1. The molecule has 7 nitrogen and oxygen atoms in total. The first-order chi connectivity index (χ1) is 13.5. The summed E-state index contributed by atoms with van der Waals surface area (Å²) in [5.41, 5.74) is -0.249. The van der Waals surface area contributed by atoms with E-state index in [2.05, 4.69) is 10.6 Å². The number of benzene rings is 1. The predicted octanol–water partition coefficient (Wildman–Crippen LogP) is 2.02. The lowest BCUT2D eigenvalue weighted by Crippen LogP contribution is -2.46. The number of hydrogen-bond donors (Lipinski definition) is 3. The molecule has 0 radical (unpaired) electrons. The smallest absolute Gasteiger partial charge is 0.309 e. The van der Waals surface area contributed by atoms with Gasteiger partial charge in [-0.2, -0.15) is 11.3 Å². The number of methoxy groups -OCH3 is 1. The molecule has 3 aromatic rings. The molecule has 0 fully saturated rings. The number of carbonyl (C=O) groups is 2. The van der Waals surface area contributed by atoms with Crippen LogP contribution in [0, 0.1) is 0 Å². The lowest BCUT2D eigenvalue weighted by molar-refractivity contribution is -0.139. The zero-order valence-corrected chi connectivity index (χ0v) is 16.0. The van der Waals surface area contributed by atoms with Gasteiger partial charge in [-0.3, -0.25) is 9.59 Å². The summed E-state index contributed by atoms with van der Waals surface area (Å²) in [5, 5.41) is 19.7. The van der Waals surface area contributed by atoms with Crippen molar-refractivity contribution in [3.05, 3.63) is 76.4 Å². The van der Waals surface area contributed by atoms with Crippen molar-refractivity contribution in [1.29, 1.82) is 0 Å². The van der Waals surface area contributed by atoms with E-state index in [1.165, 1.54) is 24.7 Å². The summed E-state index contributed by atoms with van der Waals surface area (Å²) in [6.45, 7) is -0.0680. The van der Waals surface area contributed by atoms with Crippen LogP contribution in [0.15, 0.2) is 63.9 Å². The third-order valence-corrected chi connectivity index (χ3v) is 4.95. The molecular formula is C20H20N2O5S. The third-order valence-electron chi connectivity index (χ3n) is 4.27. The highest BCUT2D eigenvalue weighted by Gasteiger charge is 2.36. The second kappa shape index (κ2) is 8.73. The molecule has 0 aliphatic carbocycles. The van der Waals surface area contributed by atoms with E-state index in [4.69, 9.17) is 9.15 Å². The quantitative estimate of drug-likeness (QED) is 0.527. The Bertz CT molecular complexity index is 888. The topological polar surface area (TPSA) is 101 Å². The summed E-state index contributed by atoms with van der Waals surface area (Å²) in [6, 6.07) is 12.2. The van der Waals surface area contributed by atoms with Crippen LogP contribution in [0.5, 0.6) is 5.75 Å². The summed E-state index contributed by atoms with van der Waals surface area (Å²) in [4.78, 5) is 24.3. The first-order valence-corrected chi connectivity index (χ1v) is 9.46. The monoisotopic (exact) mass is 400 g/mol. The summed E-state index contributed by atoms with van der Waals surface area (Å²) in [6.07, 6.45) is 1.44. The Morgan fingerprint density at radius 2 is 1.93 bits per heavy atom. The molecular weight excluding hydrogens is 380 g/mol. The van der Waals surface area contributed by atoms with Crippen molar-refractivity contribution in [1.82, 2.24) is 10.6 Å². The average molecular weight is 400 g/mol. The number of nitrogens with one attached hydrogen (secondary N) is 2. The van der Waals surface area contributed by atoms with E-state index in [1.54, 1.807) is 35.7 Å². The molecule has 3 N–H and O–H groups in total. The SMILES string of the molecule is COc1ccccc1CNC(=O)C(=O)NC[C@@](O)(c1ccsc1)c1ccco1. The van der Waals surface area contributed by atoms with Gasteiger partial charge in [0, 0.05) is 17.7 Å². The number of aliphatic hydroxyl groups is 1. The van der Waals surface area contributed by atoms with Gasteiger partial charge >= 0.3 is 11.8 Å². The minimum atomic E-state index is -1.57. The van der Waals surface area contributed by atoms with E-state index >= 15 is 0 Å². The van der Waals surface area contributed by atoms with Crippen LogP contribution in [0.25, 0.3) is 0 Å². The molecule has 2 aromatic heterocycles. The average Bonchev–Trinajstić information content (AvgIpc) is 3.44. The van der Waals surface area contributed by atoms with Gasteiger partial charge in [-0.15, -0.1) is 0 Å². The Morgan fingerprint density at radius 3 is 2.61 bits per heavy atom. The van der Waals surface area contributed by atoms with Gasteiger partial charge in [-0.05, 0) is 35.0 Å². The van der Waals surface area contributed by atoms with Gasteiger partial charge < -0.3 is 24.9 Å². The molecule has 2 heterocycles. The van der Waals surface area contributed by atoms with E-state index in [0.717, 1.165) is 5.56 Å². The fourth-order valence-electron chi connectivity index (χ4n) is 2.74.